The quantitative estimate of drug-likeness (QED) is 0.398. The molecule has 1 N–H and O–H groups in total. The average molecular weight is 590 g/mol. The molecule has 2 aromatic carbocycles. The second kappa shape index (κ2) is 14.0. The van der Waals surface area contributed by atoms with Crippen molar-refractivity contribution in [1.82, 2.24) is 15.1 Å². The van der Waals surface area contributed by atoms with Gasteiger partial charge in [0.2, 0.25) is 11.8 Å². The van der Waals surface area contributed by atoms with E-state index in [4.69, 9.17) is 0 Å². The van der Waals surface area contributed by atoms with Crippen molar-refractivity contribution < 1.29 is 18.0 Å². The highest BCUT2D eigenvalue weighted by Gasteiger charge is 2.47. The summed E-state index contributed by atoms with van der Waals surface area (Å²) in [7, 11) is -3.23. The molecule has 0 aromatic heterocycles. The van der Waals surface area contributed by atoms with Crippen LogP contribution in [0.1, 0.15) is 69.5 Å². The van der Waals surface area contributed by atoms with Crippen LogP contribution in [0.2, 0.25) is 0 Å². The third kappa shape index (κ3) is 7.65. The van der Waals surface area contributed by atoms with Gasteiger partial charge in [0.15, 0.2) is 9.84 Å². The van der Waals surface area contributed by atoms with Crippen LogP contribution in [-0.4, -0.2) is 62.5 Å². The molecule has 1 spiro atoms. The summed E-state index contributed by atoms with van der Waals surface area (Å²) in [5.74, 6) is 0.406. The SMILES string of the molecule is CCC(CC)C(=O)NC(CCN1CCC2(CC1)CCN(Cc1ccc(S(C)(=O)=O)cc1)C2=O)c1ccccc1.Cl. The van der Waals surface area contributed by atoms with Crippen molar-refractivity contribution in [1.29, 1.82) is 0 Å². The Kier molecular flexibility index (Phi) is 11.2. The molecule has 220 valence electrons. The van der Waals surface area contributed by atoms with Crippen LogP contribution in [0.4, 0.5) is 0 Å². The maximum Gasteiger partial charge on any atom is 0.229 e. The predicted octanol–water partition coefficient (Wildman–Crippen LogP) is 5.01. The highest BCUT2D eigenvalue weighted by Crippen LogP contribution is 2.42. The average Bonchev–Trinajstić information content (AvgIpc) is 3.22. The summed E-state index contributed by atoms with van der Waals surface area (Å²) in [6.07, 6.45) is 6.31. The van der Waals surface area contributed by atoms with Crippen LogP contribution in [0.3, 0.4) is 0 Å². The first-order chi connectivity index (χ1) is 18.6. The van der Waals surface area contributed by atoms with E-state index in [-0.39, 0.29) is 41.6 Å². The lowest BCUT2D eigenvalue weighted by Crippen LogP contribution is -2.45. The van der Waals surface area contributed by atoms with Gasteiger partial charge in [-0.25, -0.2) is 8.42 Å². The van der Waals surface area contributed by atoms with Gasteiger partial charge < -0.3 is 15.1 Å². The molecule has 2 aromatic rings. The number of likely N-dealkylation sites (tertiary alicyclic amines) is 2. The number of hydrogen-bond acceptors (Lipinski definition) is 5. The van der Waals surface area contributed by atoms with E-state index in [1.165, 1.54) is 6.26 Å². The normalized spacial score (nSPS) is 18.1. The summed E-state index contributed by atoms with van der Waals surface area (Å²) in [5, 5.41) is 3.31. The minimum atomic E-state index is -3.23. The summed E-state index contributed by atoms with van der Waals surface area (Å²) in [6, 6.07) is 17.1. The monoisotopic (exact) mass is 589 g/mol. The van der Waals surface area contributed by atoms with Crippen molar-refractivity contribution in [2.24, 2.45) is 11.3 Å². The fourth-order valence-electron chi connectivity index (χ4n) is 6.04. The maximum absolute atomic E-state index is 13.5. The van der Waals surface area contributed by atoms with Crippen molar-refractivity contribution in [3.63, 3.8) is 0 Å². The van der Waals surface area contributed by atoms with Crippen LogP contribution < -0.4 is 5.32 Å². The Morgan fingerprint density at radius 1 is 0.950 bits per heavy atom. The third-order valence-electron chi connectivity index (χ3n) is 8.75. The zero-order valence-corrected chi connectivity index (χ0v) is 25.6. The van der Waals surface area contributed by atoms with E-state index < -0.39 is 9.84 Å². The highest BCUT2D eigenvalue weighted by molar-refractivity contribution is 7.90. The first kappa shape index (κ1) is 32.1. The number of carbonyl (C=O) groups is 2. The van der Waals surface area contributed by atoms with Gasteiger partial charge in [0.05, 0.1) is 16.4 Å². The molecule has 2 saturated heterocycles. The Hall–Kier alpha value is -2.42. The van der Waals surface area contributed by atoms with Gasteiger partial charge in [0.1, 0.15) is 0 Å². The van der Waals surface area contributed by atoms with Crippen LogP contribution in [0, 0.1) is 11.3 Å². The van der Waals surface area contributed by atoms with Gasteiger partial charge >= 0.3 is 0 Å². The number of benzene rings is 2. The number of piperidine rings is 1. The Balaban J connectivity index is 0.00000441. The molecule has 2 amide bonds. The molecule has 2 aliphatic heterocycles. The van der Waals surface area contributed by atoms with Gasteiger partial charge in [-0.2, -0.15) is 0 Å². The van der Waals surface area contributed by atoms with Crippen molar-refractivity contribution in [2.45, 2.75) is 69.9 Å². The van der Waals surface area contributed by atoms with Gasteiger partial charge in [-0.05, 0) is 74.9 Å². The topological polar surface area (TPSA) is 86.8 Å². The van der Waals surface area contributed by atoms with Crippen LogP contribution in [0.25, 0.3) is 0 Å². The van der Waals surface area contributed by atoms with Crippen molar-refractivity contribution in [3.8, 4) is 0 Å². The van der Waals surface area contributed by atoms with Crippen molar-refractivity contribution >= 4 is 34.1 Å². The summed E-state index contributed by atoms with van der Waals surface area (Å²) in [6.45, 7) is 8.02. The van der Waals surface area contributed by atoms with Gasteiger partial charge in [0, 0.05) is 31.8 Å². The minimum Gasteiger partial charge on any atom is -0.349 e. The van der Waals surface area contributed by atoms with E-state index in [1.54, 1.807) is 12.1 Å². The molecule has 7 nitrogen and oxygen atoms in total. The summed E-state index contributed by atoms with van der Waals surface area (Å²) in [4.78, 5) is 31.0. The molecule has 2 heterocycles. The molecule has 2 fully saturated rings. The molecular weight excluding hydrogens is 546 g/mol. The lowest BCUT2D eigenvalue weighted by molar-refractivity contribution is -0.139. The van der Waals surface area contributed by atoms with Crippen LogP contribution in [0.15, 0.2) is 59.5 Å². The van der Waals surface area contributed by atoms with Crippen LogP contribution in [0.5, 0.6) is 0 Å². The van der Waals surface area contributed by atoms with E-state index in [0.29, 0.717) is 11.4 Å². The lowest BCUT2D eigenvalue weighted by atomic mass is 9.77. The third-order valence-corrected chi connectivity index (χ3v) is 9.88. The molecular formula is C31H44ClN3O4S. The molecule has 9 heteroatoms. The van der Waals surface area contributed by atoms with E-state index in [0.717, 1.165) is 75.8 Å². The standard InChI is InChI=1S/C31H43N3O4S.ClH/c1-4-25(5-2)29(35)32-28(26-9-7-6-8-10-26)15-19-33-20-16-31(17-21-33)18-22-34(30(31)36)23-24-11-13-27(14-12-24)39(3,37)38;/h6-14,25,28H,4-5,15-23H2,1-3H3,(H,32,35);1H. The van der Waals surface area contributed by atoms with Gasteiger partial charge in [-0.15, -0.1) is 12.4 Å². The fourth-order valence-corrected chi connectivity index (χ4v) is 6.67. The van der Waals surface area contributed by atoms with Crippen molar-refractivity contribution in [3.05, 3.63) is 65.7 Å². The molecule has 1 atom stereocenters. The second-order valence-electron chi connectivity index (χ2n) is 11.3. The zero-order chi connectivity index (χ0) is 28.0. The molecule has 2 aliphatic rings. The zero-order valence-electron chi connectivity index (χ0n) is 24.0. The van der Waals surface area contributed by atoms with E-state index in [2.05, 4.69) is 36.2 Å². The molecule has 0 bridgehead atoms. The predicted molar refractivity (Wildman–Crippen MR) is 161 cm³/mol. The van der Waals surface area contributed by atoms with E-state index in [9.17, 15) is 18.0 Å². The van der Waals surface area contributed by atoms with E-state index >= 15 is 0 Å². The summed E-state index contributed by atoms with van der Waals surface area (Å²) in [5.41, 5.74) is 1.80. The number of carbonyl (C=O) groups excluding carboxylic acids is 2. The number of rotatable bonds is 11. The molecule has 40 heavy (non-hydrogen) atoms. The second-order valence-corrected chi connectivity index (χ2v) is 13.3. The first-order valence-electron chi connectivity index (χ1n) is 14.3. The Morgan fingerprint density at radius 2 is 1.55 bits per heavy atom. The minimum absolute atomic E-state index is 0. The number of sulfone groups is 1. The number of nitrogens with zero attached hydrogens (tertiary/aromatic N) is 2. The maximum atomic E-state index is 13.5. The fraction of sp³-hybridized carbons (Fsp3) is 0.548. The lowest BCUT2D eigenvalue weighted by Gasteiger charge is -2.38. The van der Waals surface area contributed by atoms with Gasteiger partial charge in [0.25, 0.3) is 0 Å². The Labute approximate surface area is 246 Å². The van der Waals surface area contributed by atoms with E-state index in [1.807, 2.05) is 35.2 Å². The van der Waals surface area contributed by atoms with Crippen molar-refractivity contribution in [2.75, 3.05) is 32.4 Å². The number of nitrogens with one attached hydrogen (secondary N) is 1. The molecule has 4 rings (SSSR count). The highest BCUT2D eigenvalue weighted by atomic mass is 35.5. The number of halogens is 1. The number of hydrogen-bond donors (Lipinski definition) is 1. The Bertz CT molecular complexity index is 1220. The number of amides is 2. The molecule has 0 radical (unpaired) electrons. The van der Waals surface area contributed by atoms with Crippen LogP contribution >= 0.6 is 12.4 Å². The van der Waals surface area contributed by atoms with Crippen LogP contribution in [-0.2, 0) is 26.0 Å². The first-order valence-corrected chi connectivity index (χ1v) is 16.2. The largest absolute Gasteiger partial charge is 0.349 e. The summed E-state index contributed by atoms with van der Waals surface area (Å²) < 4.78 is 23.5. The summed E-state index contributed by atoms with van der Waals surface area (Å²) >= 11 is 0. The molecule has 1 unspecified atom stereocenters. The van der Waals surface area contributed by atoms with Gasteiger partial charge in [-0.1, -0.05) is 56.3 Å². The Morgan fingerprint density at radius 3 is 2.12 bits per heavy atom. The van der Waals surface area contributed by atoms with Gasteiger partial charge in [-0.3, -0.25) is 9.59 Å². The smallest absolute Gasteiger partial charge is 0.229 e. The molecule has 0 aliphatic carbocycles. The molecule has 0 saturated carbocycles.